The molecule has 2 N–H and O–H groups in total. The van der Waals surface area contributed by atoms with Crippen LogP contribution in [0.5, 0.6) is 0 Å². The van der Waals surface area contributed by atoms with Crippen molar-refractivity contribution in [3.63, 3.8) is 0 Å². The molecular formula is C14H18F3N3O2. The minimum atomic E-state index is -4.46. The van der Waals surface area contributed by atoms with Gasteiger partial charge in [0, 0.05) is 38.5 Å². The second-order valence-corrected chi connectivity index (χ2v) is 5.43. The van der Waals surface area contributed by atoms with Gasteiger partial charge in [-0.15, -0.1) is 0 Å². The Bertz CT molecular complexity index is 563. The number of carbonyl (C=O) groups excluding carboxylic acids is 1. The smallest absolute Gasteiger partial charge is 0.417 e. The summed E-state index contributed by atoms with van der Waals surface area (Å²) in [6.07, 6.45) is -2.68. The Balaban J connectivity index is 2.14. The molecule has 8 heteroatoms. The molecule has 1 aliphatic rings. The number of nitrogen functional groups attached to an aromatic ring is 1. The maximum atomic E-state index is 12.6. The van der Waals surface area contributed by atoms with E-state index in [1.165, 1.54) is 6.92 Å². The first-order chi connectivity index (χ1) is 10.2. The molecule has 122 valence electrons. The molecule has 2 rings (SSSR count). The first kappa shape index (κ1) is 16.4. The van der Waals surface area contributed by atoms with Crippen molar-refractivity contribution in [1.29, 1.82) is 0 Å². The van der Waals surface area contributed by atoms with Gasteiger partial charge in [0.25, 0.3) is 0 Å². The molecular weight excluding hydrogens is 299 g/mol. The number of nitrogens with two attached hydrogens (primary N) is 1. The predicted octanol–water partition coefficient (Wildman–Crippen LogP) is 2.60. The number of hydrogen-bond acceptors (Lipinski definition) is 5. The van der Waals surface area contributed by atoms with E-state index in [1.54, 1.807) is 0 Å². The van der Waals surface area contributed by atoms with Gasteiger partial charge in [-0.05, 0) is 13.0 Å². The molecule has 0 aliphatic carbocycles. The number of piperidine rings is 1. The Hall–Kier alpha value is -1.99. The van der Waals surface area contributed by atoms with E-state index in [0.717, 1.165) is 12.3 Å². The van der Waals surface area contributed by atoms with E-state index in [4.69, 9.17) is 10.5 Å². The first-order valence-electron chi connectivity index (χ1n) is 6.95. The van der Waals surface area contributed by atoms with Crippen LogP contribution in [0.2, 0.25) is 0 Å². The van der Waals surface area contributed by atoms with Gasteiger partial charge in [-0.2, -0.15) is 13.2 Å². The van der Waals surface area contributed by atoms with Crippen LogP contribution in [0.15, 0.2) is 12.3 Å². The van der Waals surface area contributed by atoms with Gasteiger partial charge in [0.15, 0.2) is 5.82 Å². The van der Waals surface area contributed by atoms with Gasteiger partial charge in [0.2, 0.25) is 0 Å². The quantitative estimate of drug-likeness (QED) is 0.849. The average molecular weight is 317 g/mol. The van der Waals surface area contributed by atoms with Crippen molar-refractivity contribution < 1.29 is 22.7 Å². The average Bonchev–Trinajstić information content (AvgIpc) is 2.37. The second-order valence-electron chi connectivity index (χ2n) is 5.43. The minimum absolute atomic E-state index is 0.00684. The number of halogens is 3. The number of rotatable bonds is 2. The number of anilines is 2. The summed E-state index contributed by atoms with van der Waals surface area (Å²) < 4.78 is 43.1. The zero-order chi connectivity index (χ0) is 16.5. The molecule has 1 fully saturated rings. The van der Waals surface area contributed by atoms with Crippen LogP contribution in [0.1, 0.15) is 32.3 Å². The van der Waals surface area contributed by atoms with E-state index in [9.17, 15) is 18.0 Å². The lowest BCUT2D eigenvalue weighted by molar-refractivity contribution is -0.147. The van der Waals surface area contributed by atoms with E-state index in [-0.39, 0.29) is 23.8 Å². The molecule has 0 radical (unpaired) electrons. The Morgan fingerprint density at radius 2 is 2.18 bits per heavy atom. The molecule has 2 heterocycles. The highest BCUT2D eigenvalue weighted by molar-refractivity contribution is 5.66. The lowest BCUT2D eigenvalue weighted by Gasteiger charge is -2.38. The maximum Gasteiger partial charge on any atom is 0.417 e. The summed E-state index contributed by atoms with van der Waals surface area (Å²) in [5.74, 6) is -0.000376. The maximum absolute atomic E-state index is 12.6. The van der Waals surface area contributed by atoms with Crippen LogP contribution < -0.4 is 10.6 Å². The van der Waals surface area contributed by atoms with Gasteiger partial charge in [-0.1, -0.05) is 0 Å². The number of hydrogen-bond donors (Lipinski definition) is 1. The largest absolute Gasteiger partial charge is 0.462 e. The second kappa shape index (κ2) is 6.02. The summed E-state index contributed by atoms with van der Waals surface area (Å²) in [5.41, 5.74) is 4.87. The van der Waals surface area contributed by atoms with Crippen molar-refractivity contribution in [3.8, 4) is 0 Å². The molecule has 1 aromatic heterocycles. The Labute approximate surface area is 126 Å². The highest BCUT2D eigenvalue weighted by Gasteiger charge is 2.33. The van der Waals surface area contributed by atoms with Crippen molar-refractivity contribution in [2.24, 2.45) is 0 Å². The first-order valence-corrected chi connectivity index (χ1v) is 6.95. The fourth-order valence-corrected chi connectivity index (χ4v) is 2.65. The van der Waals surface area contributed by atoms with Crippen LogP contribution in [-0.2, 0) is 15.7 Å². The van der Waals surface area contributed by atoms with Gasteiger partial charge >= 0.3 is 12.1 Å². The van der Waals surface area contributed by atoms with Crippen LogP contribution in [0.3, 0.4) is 0 Å². The fraction of sp³-hybridized carbons (Fsp3) is 0.571. The third-order valence-corrected chi connectivity index (χ3v) is 3.66. The Morgan fingerprint density at radius 1 is 1.50 bits per heavy atom. The van der Waals surface area contributed by atoms with Crippen LogP contribution in [0.25, 0.3) is 0 Å². The minimum Gasteiger partial charge on any atom is -0.462 e. The number of esters is 1. The SMILES string of the molecule is CC(=O)O[C@H]1CCN(c2ncc(C(F)(F)F)cc2N)[C@H](C)C1. The summed E-state index contributed by atoms with van der Waals surface area (Å²) >= 11 is 0. The molecule has 0 spiro atoms. The number of pyridine rings is 1. The Morgan fingerprint density at radius 3 is 2.68 bits per heavy atom. The van der Waals surface area contributed by atoms with Crippen molar-refractivity contribution in [1.82, 2.24) is 4.98 Å². The molecule has 22 heavy (non-hydrogen) atoms. The molecule has 0 aromatic carbocycles. The summed E-state index contributed by atoms with van der Waals surface area (Å²) in [6, 6.07) is 0.859. The van der Waals surface area contributed by atoms with Crippen LogP contribution in [0, 0.1) is 0 Å². The van der Waals surface area contributed by atoms with Gasteiger partial charge < -0.3 is 15.4 Å². The molecule has 0 bridgehead atoms. The zero-order valence-corrected chi connectivity index (χ0v) is 12.4. The van der Waals surface area contributed by atoms with Crippen LogP contribution >= 0.6 is 0 Å². The third-order valence-electron chi connectivity index (χ3n) is 3.66. The normalized spacial score (nSPS) is 22.5. The third kappa shape index (κ3) is 3.61. The molecule has 0 unspecified atom stereocenters. The topological polar surface area (TPSA) is 68.5 Å². The summed E-state index contributed by atoms with van der Waals surface area (Å²) in [6.45, 7) is 3.77. The predicted molar refractivity (Wildman–Crippen MR) is 75.2 cm³/mol. The van der Waals surface area contributed by atoms with E-state index in [0.29, 0.717) is 25.2 Å². The van der Waals surface area contributed by atoms with Crippen molar-refractivity contribution in [3.05, 3.63) is 17.8 Å². The molecule has 1 aliphatic heterocycles. The van der Waals surface area contributed by atoms with Gasteiger partial charge in [0.1, 0.15) is 6.10 Å². The number of aromatic nitrogens is 1. The summed E-state index contributed by atoms with van der Waals surface area (Å²) in [7, 11) is 0. The van der Waals surface area contributed by atoms with Gasteiger partial charge in [0.05, 0.1) is 11.3 Å². The van der Waals surface area contributed by atoms with Crippen LogP contribution in [0.4, 0.5) is 24.7 Å². The molecule has 0 amide bonds. The van der Waals surface area contributed by atoms with Crippen molar-refractivity contribution in [2.45, 2.75) is 45.0 Å². The van der Waals surface area contributed by atoms with Crippen molar-refractivity contribution >= 4 is 17.5 Å². The summed E-state index contributed by atoms with van der Waals surface area (Å²) in [4.78, 5) is 16.7. The standard InChI is InChI=1S/C14H18F3N3O2/c1-8-5-11(22-9(2)21)3-4-20(8)13-12(18)6-10(7-19-13)14(15,16)17/h6-8,11H,3-5,18H2,1-2H3/t8-,11+/m1/s1. The number of alkyl halides is 3. The van der Waals surface area contributed by atoms with Crippen LogP contribution in [-0.4, -0.2) is 29.6 Å². The van der Waals surface area contributed by atoms with E-state index < -0.39 is 11.7 Å². The van der Waals surface area contributed by atoms with Gasteiger partial charge in [-0.3, -0.25) is 4.79 Å². The summed E-state index contributed by atoms with van der Waals surface area (Å²) in [5, 5.41) is 0. The van der Waals surface area contributed by atoms with Crippen molar-refractivity contribution in [2.75, 3.05) is 17.2 Å². The van der Waals surface area contributed by atoms with E-state index in [2.05, 4.69) is 4.98 Å². The van der Waals surface area contributed by atoms with E-state index >= 15 is 0 Å². The molecule has 1 aromatic rings. The zero-order valence-electron chi connectivity index (χ0n) is 12.4. The lowest BCUT2D eigenvalue weighted by atomic mass is 10.0. The number of carbonyl (C=O) groups is 1. The lowest BCUT2D eigenvalue weighted by Crippen LogP contribution is -2.44. The number of nitrogens with zero attached hydrogens (tertiary/aromatic N) is 2. The highest BCUT2D eigenvalue weighted by Crippen LogP contribution is 2.34. The van der Waals surface area contributed by atoms with Gasteiger partial charge in [-0.25, -0.2) is 4.98 Å². The van der Waals surface area contributed by atoms with E-state index in [1.807, 2.05) is 11.8 Å². The molecule has 1 saturated heterocycles. The Kier molecular flexibility index (Phi) is 4.48. The fourth-order valence-electron chi connectivity index (χ4n) is 2.65. The molecule has 2 atom stereocenters. The highest BCUT2D eigenvalue weighted by atomic mass is 19.4. The monoisotopic (exact) mass is 317 g/mol. The number of ether oxygens (including phenoxy) is 1. The molecule has 0 saturated carbocycles. The molecule has 5 nitrogen and oxygen atoms in total.